The van der Waals surface area contributed by atoms with Crippen LogP contribution < -0.4 is 9.64 Å². The van der Waals surface area contributed by atoms with E-state index in [0.29, 0.717) is 19.0 Å². The van der Waals surface area contributed by atoms with Crippen LogP contribution in [0.2, 0.25) is 0 Å². The number of amides is 1. The Bertz CT molecular complexity index is 932. The summed E-state index contributed by atoms with van der Waals surface area (Å²) < 4.78 is 42.4. The predicted octanol–water partition coefficient (Wildman–Crippen LogP) is 2.78. The van der Waals surface area contributed by atoms with Gasteiger partial charge < -0.3 is 14.5 Å². The normalized spacial score (nSPS) is 21.1. The Morgan fingerprint density at radius 3 is 2.63 bits per heavy atom. The Morgan fingerprint density at radius 2 is 1.93 bits per heavy atom. The van der Waals surface area contributed by atoms with Crippen LogP contribution in [0.25, 0.3) is 0 Å². The van der Waals surface area contributed by atoms with Gasteiger partial charge in [0.05, 0.1) is 0 Å². The lowest BCUT2D eigenvalue weighted by molar-refractivity contribution is -0.154. The Labute approximate surface area is 171 Å². The van der Waals surface area contributed by atoms with Crippen LogP contribution in [0.1, 0.15) is 28.2 Å². The molecule has 2 saturated heterocycles. The van der Waals surface area contributed by atoms with E-state index >= 15 is 0 Å². The maximum absolute atomic E-state index is 13.1. The third kappa shape index (κ3) is 4.31. The number of aromatic nitrogens is 3. The molecule has 2 aromatic rings. The highest BCUT2D eigenvalue weighted by Gasteiger charge is 2.42. The maximum atomic E-state index is 13.1. The Balaban J connectivity index is 1.51. The van der Waals surface area contributed by atoms with E-state index in [1.807, 2.05) is 19.9 Å². The van der Waals surface area contributed by atoms with Crippen molar-refractivity contribution in [2.24, 2.45) is 5.92 Å². The minimum atomic E-state index is -4.51. The fourth-order valence-corrected chi connectivity index (χ4v) is 4.20. The molecule has 4 heterocycles. The van der Waals surface area contributed by atoms with Gasteiger partial charge in [-0.15, -0.1) is 0 Å². The van der Waals surface area contributed by atoms with E-state index < -0.39 is 12.8 Å². The van der Waals surface area contributed by atoms with E-state index in [-0.39, 0.29) is 29.3 Å². The number of pyridine rings is 1. The number of halogens is 3. The van der Waals surface area contributed by atoms with Crippen molar-refractivity contribution >= 4 is 11.9 Å². The first-order valence-corrected chi connectivity index (χ1v) is 9.72. The van der Waals surface area contributed by atoms with E-state index in [1.54, 1.807) is 4.90 Å². The first-order chi connectivity index (χ1) is 14.2. The molecule has 2 fully saturated rings. The van der Waals surface area contributed by atoms with Gasteiger partial charge in [0.25, 0.3) is 5.91 Å². The van der Waals surface area contributed by atoms with Gasteiger partial charge in [0.2, 0.25) is 11.8 Å². The molecule has 0 aromatic carbocycles. The van der Waals surface area contributed by atoms with E-state index in [0.717, 1.165) is 24.4 Å². The van der Waals surface area contributed by atoms with E-state index in [1.165, 1.54) is 18.3 Å². The number of carbonyl (C=O) groups is 1. The second kappa shape index (κ2) is 7.73. The first kappa shape index (κ1) is 20.4. The molecule has 0 radical (unpaired) electrons. The van der Waals surface area contributed by atoms with Gasteiger partial charge in [-0.05, 0) is 44.4 Å². The SMILES string of the molecule is Cc1cc(C)nc(N2CC3CC2CN(C(=O)c2cccnc2OCC(F)(F)F)C3)n1. The molecule has 2 aliphatic rings. The summed E-state index contributed by atoms with van der Waals surface area (Å²) in [6.45, 7) is 4.04. The van der Waals surface area contributed by atoms with Crippen LogP contribution in [0.4, 0.5) is 19.1 Å². The molecule has 4 rings (SSSR count). The van der Waals surface area contributed by atoms with E-state index in [4.69, 9.17) is 4.74 Å². The zero-order valence-electron chi connectivity index (χ0n) is 16.7. The Kier molecular flexibility index (Phi) is 5.25. The van der Waals surface area contributed by atoms with Crippen molar-refractivity contribution in [3.8, 4) is 5.88 Å². The molecule has 160 valence electrons. The number of fused-ring (bicyclic) bond motifs is 2. The van der Waals surface area contributed by atoms with Gasteiger partial charge in [0.1, 0.15) is 5.56 Å². The number of piperidine rings is 1. The maximum Gasteiger partial charge on any atom is 0.422 e. The van der Waals surface area contributed by atoms with Gasteiger partial charge in [-0.1, -0.05) is 0 Å². The lowest BCUT2D eigenvalue weighted by atomic mass is 9.99. The fraction of sp³-hybridized carbons (Fsp3) is 0.500. The van der Waals surface area contributed by atoms with Crippen LogP contribution in [0.15, 0.2) is 24.4 Å². The van der Waals surface area contributed by atoms with Crippen LogP contribution in [-0.4, -0.2) is 64.2 Å². The number of alkyl halides is 3. The van der Waals surface area contributed by atoms with Gasteiger partial charge >= 0.3 is 6.18 Å². The minimum absolute atomic E-state index is 0.0391. The summed E-state index contributed by atoms with van der Waals surface area (Å²) in [6, 6.07) is 4.93. The summed E-state index contributed by atoms with van der Waals surface area (Å²) in [6.07, 6.45) is -2.28. The highest BCUT2D eigenvalue weighted by atomic mass is 19.4. The van der Waals surface area contributed by atoms with Gasteiger partial charge in [-0.2, -0.15) is 13.2 Å². The average molecular weight is 421 g/mol. The molecule has 2 aromatic heterocycles. The van der Waals surface area contributed by atoms with Crippen LogP contribution >= 0.6 is 0 Å². The monoisotopic (exact) mass is 421 g/mol. The molecule has 2 aliphatic heterocycles. The topological polar surface area (TPSA) is 71.5 Å². The summed E-state index contributed by atoms with van der Waals surface area (Å²) in [5, 5.41) is 0. The minimum Gasteiger partial charge on any atom is -0.467 e. The summed E-state index contributed by atoms with van der Waals surface area (Å²) in [5.41, 5.74) is 1.81. The van der Waals surface area contributed by atoms with E-state index in [2.05, 4.69) is 19.9 Å². The second-order valence-electron chi connectivity index (χ2n) is 7.83. The van der Waals surface area contributed by atoms with Gasteiger partial charge in [-0.3, -0.25) is 4.79 Å². The lowest BCUT2D eigenvalue weighted by Gasteiger charge is -2.33. The standard InChI is InChI=1S/C20H22F3N5O2/c1-12-6-13(2)26-19(25-12)28-9-14-7-15(28)10-27(8-14)18(29)16-4-3-5-24-17(16)30-11-20(21,22)23/h3-6,14-15H,7-11H2,1-2H3. The van der Waals surface area contributed by atoms with Gasteiger partial charge in [-0.25, -0.2) is 15.0 Å². The highest BCUT2D eigenvalue weighted by Crippen LogP contribution is 2.33. The first-order valence-electron chi connectivity index (χ1n) is 9.72. The number of carbonyl (C=O) groups excluding carboxylic acids is 1. The molecule has 0 N–H and O–H groups in total. The van der Waals surface area contributed by atoms with Crippen molar-refractivity contribution in [3.63, 3.8) is 0 Å². The zero-order chi connectivity index (χ0) is 21.5. The summed E-state index contributed by atoms with van der Waals surface area (Å²) in [4.78, 5) is 29.8. The third-order valence-electron chi connectivity index (χ3n) is 5.30. The summed E-state index contributed by atoms with van der Waals surface area (Å²) >= 11 is 0. The highest BCUT2D eigenvalue weighted by molar-refractivity contribution is 5.96. The number of nitrogens with zero attached hydrogens (tertiary/aromatic N) is 5. The van der Waals surface area contributed by atoms with Crippen molar-refractivity contribution in [2.45, 2.75) is 32.5 Å². The van der Waals surface area contributed by atoms with Crippen LogP contribution in [0, 0.1) is 19.8 Å². The molecule has 2 atom stereocenters. The Morgan fingerprint density at radius 1 is 1.20 bits per heavy atom. The summed E-state index contributed by atoms with van der Waals surface area (Å²) in [7, 11) is 0. The van der Waals surface area contributed by atoms with Crippen LogP contribution in [0.3, 0.4) is 0 Å². The van der Waals surface area contributed by atoms with Gasteiger partial charge in [0.15, 0.2) is 6.61 Å². The van der Waals surface area contributed by atoms with Crippen molar-refractivity contribution < 1.29 is 22.7 Å². The Hall–Kier alpha value is -2.91. The van der Waals surface area contributed by atoms with Crippen molar-refractivity contribution in [1.82, 2.24) is 19.9 Å². The smallest absolute Gasteiger partial charge is 0.422 e. The number of aryl methyl sites for hydroxylation is 2. The van der Waals surface area contributed by atoms with Crippen molar-refractivity contribution in [3.05, 3.63) is 41.3 Å². The molecule has 1 amide bonds. The fourth-order valence-electron chi connectivity index (χ4n) is 4.20. The van der Waals surface area contributed by atoms with Crippen LogP contribution in [-0.2, 0) is 0 Å². The molecule has 7 nitrogen and oxygen atoms in total. The molecular formula is C20H22F3N5O2. The van der Waals surface area contributed by atoms with Crippen molar-refractivity contribution in [1.29, 1.82) is 0 Å². The third-order valence-corrected chi connectivity index (χ3v) is 5.30. The molecule has 30 heavy (non-hydrogen) atoms. The van der Waals surface area contributed by atoms with Gasteiger partial charge in [0, 0.05) is 43.3 Å². The predicted molar refractivity (Wildman–Crippen MR) is 102 cm³/mol. The number of ether oxygens (including phenoxy) is 1. The number of hydrogen-bond donors (Lipinski definition) is 0. The largest absolute Gasteiger partial charge is 0.467 e. The molecule has 0 spiro atoms. The molecule has 2 bridgehead atoms. The quantitative estimate of drug-likeness (QED) is 0.756. The molecule has 0 saturated carbocycles. The molecule has 10 heteroatoms. The summed E-state index contributed by atoms with van der Waals surface area (Å²) in [5.74, 6) is 0.226. The van der Waals surface area contributed by atoms with Crippen molar-refractivity contribution in [2.75, 3.05) is 31.1 Å². The molecule has 0 aliphatic carbocycles. The number of hydrogen-bond acceptors (Lipinski definition) is 6. The second-order valence-corrected chi connectivity index (χ2v) is 7.83. The molecule has 2 unspecified atom stereocenters. The average Bonchev–Trinajstić information content (AvgIpc) is 2.98. The van der Waals surface area contributed by atoms with E-state index in [9.17, 15) is 18.0 Å². The number of anilines is 1. The number of rotatable bonds is 4. The zero-order valence-corrected chi connectivity index (χ0v) is 16.7. The van der Waals surface area contributed by atoms with Crippen LogP contribution in [0.5, 0.6) is 5.88 Å². The number of likely N-dealkylation sites (tertiary alicyclic amines) is 1. The lowest BCUT2D eigenvalue weighted by Crippen LogP contribution is -2.45. The molecular weight excluding hydrogens is 399 g/mol.